The first-order chi connectivity index (χ1) is 9.16. The number of carboxylic acid groups (broad SMARTS) is 1. The van der Waals surface area contributed by atoms with Gasteiger partial charge in [-0.2, -0.15) is 0 Å². The molecule has 2 nitrogen and oxygen atoms in total. The fourth-order valence-electron chi connectivity index (χ4n) is 4.33. The quantitative estimate of drug-likeness (QED) is 0.783. The average molecular weight is 294 g/mol. The monoisotopic (exact) mass is 294 g/mol. The number of halogens is 4. The Morgan fingerprint density at radius 2 is 1.60 bits per heavy atom. The van der Waals surface area contributed by atoms with Crippen molar-refractivity contribution in [3.8, 4) is 0 Å². The number of aliphatic carboxylic acids is 1. The summed E-state index contributed by atoms with van der Waals surface area (Å²) in [5.41, 5.74) is -1.15. The number of alkyl halides is 4. The first-order valence-corrected chi connectivity index (χ1v) is 7.14. The predicted molar refractivity (Wildman–Crippen MR) is 62.8 cm³/mol. The molecule has 0 amide bonds. The van der Waals surface area contributed by atoms with Gasteiger partial charge in [0, 0.05) is 24.7 Å². The lowest BCUT2D eigenvalue weighted by Gasteiger charge is -2.33. The van der Waals surface area contributed by atoms with Gasteiger partial charge in [-0.05, 0) is 37.5 Å². The van der Waals surface area contributed by atoms with Crippen molar-refractivity contribution in [3.05, 3.63) is 0 Å². The van der Waals surface area contributed by atoms with Crippen LogP contribution in [0.5, 0.6) is 0 Å². The molecule has 0 bridgehead atoms. The lowest BCUT2D eigenvalue weighted by Crippen LogP contribution is -2.32. The summed E-state index contributed by atoms with van der Waals surface area (Å²) >= 11 is 0. The molecule has 3 aliphatic carbocycles. The molecule has 1 N–H and O–H groups in total. The fourth-order valence-corrected chi connectivity index (χ4v) is 4.33. The van der Waals surface area contributed by atoms with Crippen molar-refractivity contribution in [1.29, 1.82) is 0 Å². The smallest absolute Gasteiger partial charge is 0.306 e. The summed E-state index contributed by atoms with van der Waals surface area (Å²) in [7, 11) is 0. The largest absolute Gasteiger partial charge is 0.481 e. The van der Waals surface area contributed by atoms with Crippen molar-refractivity contribution >= 4 is 5.97 Å². The third kappa shape index (κ3) is 2.11. The SMILES string of the molecule is O=C(O)[C@@H]1CC2(C[C@H]1C1CCC(F)(F)CC1)CC2(F)F. The van der Waals surface area contributed by atoms with Gasteiger partial charge < -0.3 is 5.11 Å². The Morgan fingerprint density at radius 1 is 1.05 bits per heavy atom. The summed E-state index contributed by atoms with van der Waals surface area (Å²) < 4.78 is 53.3. The third-order valence-electron chi connectivity index (χ3n) is 5.65. The van der Waals surface area contributed by atoms with Crippen molar-refractivity contribution in [2.75, 3.05) is 0 Å². The number of carbonyl (C=O) groups is 1. The third-order valence-corrected chi connectivity index (χ3v) is 5.65. The Balaban J connectivity index is 1.73. The molecule has 3 rings (SSSR count). The summed E-state index contributed by atoms with van der Waals surface area (Å²) in [4.78, 5) is 11.3. The predicted octanol–water partition coefficient (Wildman–Crippen LogP) is 3.95. The van der Waals surface area contributed by atoms with Crippen LogP contribution in [0.25, 0.3) is 0 Å². The van der Waals surface area contributed by atoms with Gasteiger partial charge in [-0.15, -0.1) is 0 Å². The van der Waals surface area contributed by atoms with Crippen LogP contribution in [0.3, 0.4) is 0 Å². The normalized spacial score (nSPS) is 42.8. The standard InChI is InChI=1S/C14H18F4O2/c15-13(16)3-1-8(2-4-13)9-5-12(7-14(12,17)18)6-10(9)11(19)20/h8-10H,1-7H2,(H,19,20)/t9-,10+,12?/m0/s1. The van der Waals surface area contributed by atoms with E-state index in [1.807, 2.05) is 0 Å². The molecular weight excluding hydrogens is 276 g/mol. The molecule has 0 aliphatic heterocycles. The summed E-state index contributed by atoms with van der Waals surface area (Å²) in [6, 6.07) is 0. The Morgan fingerprint density at radius 3 is 2.05 bits per heavy atom. The minimum Gasteiger partial charge on any atom is -0.481 e. The van der Waals surface area contributed by atoms with Crippen LogP contribution >= 0.6 is 0 Å². The molecule has 6 heteroatoms. The van der Waals surface area contributed by atoms with Gasteiger partial charge in [0.05, 0.1) is 5.92 Å². The van der Waals surface area contributed by atoms with Gasteiger partial charge in [-0.3, -0.25) is 4.79 Å². The van der Waals surface area contributed by atoms with Gasteiger partial charge in [0.25, 0.3) is 5.92 Å². The van der Waals surface area contributed by atoms with Crippen molar-refractivity contribution in [2.24, 2.45) is 23.2 Å². The summed E-state index contributed by atoms with van der Waals surface area (Å²) in [6.45, 7) is 0. The van der Waals surface area contributed by atoms with E-state index in [-0.39, 0.29) is 56.8 Å². The highest BCUT2D eigenvalue weighted by atomic mass is 19.3. The highest BCUT2D eigenvalue weighted by molar-refractivity contribution is 5.71. The van der Waals surface area contributed by atoms with Crippen LogP contribution in [0.15, 0.2) is 0 Å². The summed E-state index contributed by atoms with van der Waals surface area (Å²) in [5, 5.41) is 9.25. The summed E-state index contributed by atoms with van der Waals surface area (Å²) in [6.07, 6.45) is -0.0246. The van der Waals surface area contributed by atoms with Crippen LogP contribution in [0.2, 0.25) is 0 Å². The average Bonchev–Trinajstić information content (AvgIpc) is 2.68. The van der Waals surface area contributed by atoms with Crippen molar-refractivity contribution in [3.63, 3.8) is 0 Å². The molecule has 0 saturated heterocycles. The zero-order valence-electron chi connectivity index (χ0n) is 11.0. The van der Waals surface area contributed by atoms with E-state index in [4.69, 9.17) is 0 Å². The Bertz CT molecular complexity index is 427. The van der Waals surface area contributed by atoms with Gasteiger partial charge in [0.1, 0.15) is 0 Å². The maximum atomic E-state index is 13.5. The first kappa shape index (κ1) is 14.1. The van der Waals surface area contributed by atoms with E-state index in [1.54, 1.807) is 0 Å². The molecule has 114 valence electrons. The molecule has 0 aromatic rings. The Labute approximate surface area is 114 Å². The van der Waals surface area contributed by atoms with Gasteiger partial charge >= 0.3 is 5.97 Å². The van der Waals surface area contributed by atoms with Crippen LogP contribution in [0.1, 0.15) is 44.9 Å². The molecule has 1 spiro atoms. The van der Waals surface area contributed by atoms with Crippen LogP contribution in [0, 0.1) is 23.2 Å². The number of carboxylic acids is 1. The number of rotatable bonds is 2. The minimum absolute atomic E-state index is 0.00684. The van der Waals surface area contributed by atoms with Gasteiger partial charge in [-0.1, -0.05) is 0 Å². The van der Waals surface area contributed by atoms with E-state index < -0.39 is 29.1 Å². The zero-order valence-corrected chi connectivity index (χ0v) is 11.0. The molecule has 3 saturated carbocycles. The van der Waals surface area contributed by atoms with E-state index >= 15 is 0 Å². The van der Waals surface area contributed by atoms with E-state index in [2.05, 4.69) is 0 Å². The molecule has 1 unspecified atom stereocenters. The van der Waals surface area contributed by atoms with Crippen molar-refractivity contribution in [1.82, 2.24) is 0 Å². The highest BCUT2D eigenvalue weighted by Gasteiger charge is 2.75. The molecule has 0 aromatic carbocycles. The summed E-state index contributed by atoms with van der Waals surface area (Å²) in [5.74, 6) is -7.78. The number of hydrogen-bond acceptors (Lipinski definition) is 1. The van der Waals surface area contributed by atoms with Crippen LogP contribution < -0.4 is 0 Å². The van der Waals surface area contributed by atoms with E-state index in [0.29, 0.717) is 0 Å². The Kier molecular flexibility index (Phi) is 2.90. The van der Waals surface area contributed by atoms with E-state index in [0.717, 1.165) is 0 Å². The van der Waals surface area contributed by atoms with E-state index in [9.17, 15) is 27.5 Å². The molecule has 0 radical (unpaired) electrons. The van der Waals surface area contributed by atoms with Crippen LogP contribution in [-0.2, 0) is 4.79 Å². The van der Waals surface area contributed by atoms with Crippen LogP contribution in [0.4, 0.5) is 17.6 Å². The molecule has 0 heterocycles. The van der Waals surface area contributed by atoms with Crippen molar-refractivity contribution in [2.45, 2.75) is 56.8 Å². The Hall–Kier alpha value is -0.810. The second-order valence-corrected chi connectivity index (χ2v) is 6.87. The first-order valence-electron chi connectivity index (χ1n) is 7.14. The maximum absolute atomic E-state index is 13.5. The second-order valence-electron chi connectivity index (χ2n) is 6.87. The lowest BCUT2D eigenvalue weighted by molar-refractivity contribution is -0.144. The molecule has 3 fully saturated rings. The van der Waals surface area contributed by atoms with Gasteiger partial charge in [-0.25, -0.2) is 17.6 Å². The minimum atomic E-state index is -2.76. The number of hydrogen-bond donors (Lipinski definition) is 1. The fraction of sp³-hybridized carbons (Fsp3) is 0.929. The molecule has 20 heavy (non-hydrogen) atoms. The zero-order chi connectivity index (χ0) is 14.8. The molecule has 3 aliphatic rings. The topological polar surface area (TPSA) is 37.3 Å². The molecular formula is C14H18F4O2. The van der Waals surface area contributed by atoms with Gasteiger partial charge in [0.2, 0.25) is 5.92 Å². The molecule has 0 aromatic heterocycles. The maximum Gasteiger partial charge on any atom is 0.306 e. The lowest BCUT2D eigenvalue weighted by atomic mass is 9.74. The van der Waals surface area contributed by atoms with Crippen LogP contribution in [-0.4, -0.2) is 22.9 Å². The second kappa shape index (κ2) is 4.10. The van der Waals surface area contributed by atoms with Gasteiger partial charge in [0.15, 0.2) is 0 Å². The van der Waals surface area contributed by atoms with Crippen molar-refractivity contribution < 1.29 is 27.5 Å². The highest BCUT2D eigenvalue weighted by Crippen LogP contribution is 2.72. The molecule has 3 atom stereocenters. The van der Waals surface area contributed by atoms with E-state index in [1.165, 1.54) is 0 Å².